The maximum atomic E-state index is 12.9. The molecule has 12 rings (SSSR count). The number of nitrogens with zero attached hydrogens (tertiary/aromatic N) is 5. The van der Waals surface area contributed by atoms with Crippen molar-refractivity contribution in [2.75, 3.05) is 56.3 Å². The van der Waals surface area contributed by atoms with E-state index in [2.05, 4.69) is 208 Å². The fraction of sp³-hybridized carbons (Fsp3) is 0.440. The molecular weight excluding hydrogens is 1920 g/mol. The second-order valence-corrected chi connectivity index (χ2v) is 47.4. The van der Waals surface area contributed by atoms with Gasteiger partial charge in [0, 0.05) is 120 Å². The summed E-state index contributed by atoms with van der Waals surface area (Å²) < 4.78 is 82.8. The number of halogens is 2. The second-order valence-electron chi connectivity index (χ2n) is 31.1. The second kappa shape index (κ2) is 53.0. The van der Waals surface area contributed by atoms with Crippen molar-refractivity contribution in [2.24, 2.45) is 22.6 Å². The lowest BCUT2D eigenvalue weighted by atomic mass is 9.82. The molecular formula is C91H119BBr2N8O12S11. The third-order valence-corrected chi connectivity index (χ3v) is 32.8. The predicted molar refractivity (Wildman–Crippen MR) is 534 cm³/mol. The number of nitrogens with two attached hydrogens (primary N) is 1. The standard InChI is InChI=1S/C22H31NO2S2.C18H27BrO2S2.C16H16N2S3.C15H15N3O4S3.C14H23BN2O4.C6H7BrS/c1-4-6-7-17(5-2)16-25-22(24)9-11-27-21-13-19(12-20(14-21)26-3)18-8-10-23-15-18;1-4-6-7-14(5-2)13-21-18(20)8-9-23-17-11-15(19)10-16(12-17)22-3;1-3-13-4-5-16(20-13)21-15-7-11(6-14(8-15)19-2)12-9-17-18-10-12;1-24(19,20)13-4-10(11-8-17-18-9-11)5-14(6-13)25(21,22)15-3-2-12(7-16)23-15;1-12(2,3)19-11(18)17-9-10(8-16-17)15-20-13(4,5)14(6,7)21-15;1-2-5-3-4-6(7)8-5/h8,12-15,17H,4-7,9-11,16H2,1-3H3;10-12,14H,4-9,13H2,1-3H3;4-10H,3H2,1-2H3,(H,17,18);2-6,8-9H,7,16H2,1H3,(H,17,18);8-9H,1-7H3;3-4H,2H2,1H3. The van der Waals surface area contributed by atoms with Crippen molar-refractivity contribution in [3.63, 3.8) is 0 Å². The Kier molecular flexibility index (Phi) is 45.1. The number of sulfone groups is 2. The first-order valence-electron chi connectivity index (χ1n) is 41.5. The third-order valence-electron chi connectivity index (χ3n) is 19.8. The van der Waals surface area contributed by atoms with E-state index in [1.165, 1.54) is 120 Å². The van der Waals surface area contributed by atoms with E-state index in [4.69, 9.17) is 29.3 Å². The molecule has 0 bridgehead atoms. The van der Waals surface area contributed by atoms with Crippen LogP contribution >= 0.6 is 136 Å². The number of benzene rings is 4. The Morgan fingerprint density at radius 2 is 1.12 bits per heavy atom. The number of esters is 2. The molecule has 8 heterocycles. The number of aromatic amines is 2. The van der Waals surface area contributed by atoms with E-state index in [0.29, 0.717) is 54.5 Å². The molecule has 34 heteroatoms. The molecule has 678 valence electrons. The van der Waals surface area contributed by atoms with Crippen molar-refractivity contribution in [3.05, 3.63) is 181 Å². The molecule has 2 atom stereocenters. The number of aromatic nitrogens is 6. The summed E-state index contributed by atoms with van der Waals surface area (Å²) in [5.41, 5.74) is 10.6. The first-order valence-corrected chi connectivity index (χ1v) is 55.4. The number of unbranched alkanes of at least 4 members (excludes halogenated alkanes) is 2. The number of allylic oxidation sites excluding steroid dienone is 1. The average molecular weight is 2040 g/mol. The average Bonchev–Trinajstić information content (AvgIpc) is 1.60. The summed E-state index contributed by atoms with van der Waals surface area (Å²) in [6.07, 6.45) is 33.3. The van der Waals surface area contributed by atoms with Crippen LogP contribution in [-0.2, 0) is 72.2 Å². The minimum atomic E-state index is -3.86. The number of hydrogen-bond donors (Lipinski definition) is 3. The number of aryl methyl sites for hydroxylation is 2. The maximum Gasteiger partial charge on any atom is 0.498 e. The zero-order valence-corrected chi connectivity index (χ0v) is 86.6. The lowest BCUT2D eigenvalue weighted by Gasteiger charge is -2.32. The van der Waals surface area contributed by atoms with E-state index in [0.717, 1.165) is 93.8 Å². The van der Waals surface area contributed by atoms with Gasteiger partial charge in [0.2, 0.25) is 9.84 Å². The van der Waals surface area contributed by atoms with Crippen LogP contribution in [0.1, 0.15) is 174 Å². The van der Waals surface area contributed by atoms with Gasteiger partial charge in [0.1, 0.15) is 9.81 Å². The van der Waals surface area contributed by atoms with E-state index in [1.807, 2.05) is 90.2 Å². The monoisotopic (exact) mass is 2040 g/mol. The molecule has 1 fully saturated rings. The van der Waals surface area contributed by atoms with Crippen LogP contribution in [0.3, 0.4) is 0 Å². The van der Waals surface area contributed by atoms with Gasteiger partial charge in [-0.25, -0.2) is 21.6 Å². The lowest BCUT2D eigenvalue weighted by molar-refractivity contribution is -0.145. The number of H-pyrrole nitrogens is 2. The molecule has 2 aliphatic heterocycles. The molecule has 4 N–H and O–H groups in total. The Hall–Kier alpha value is -5.67. The molecule has 0 saturated carbocycles. The summed E-state index contributed by atoms with van der Waals surface area (Å²) in [6.45, 7) is 28.6. The smallest absolute Gasteiger partial charge is 0.465 e. The van der Waals surface area contributed by atoms with Crippen molar-refractivity contribution in [3.8, 4) is 22.3 Å². The minimum absolute atomic E-state index is 0.0691. The Labute approximate surface area is 795 Å². The highest BCUT2D eigenvalue weighted by Crippen LogP contribution is 2.41. The molecule has 0 amide bonds. The number of ether oxygens (including phenoxy) is 3. The van der Waals surface area contributed by atoms with Crippen molar-refractivity contribution in [1.82, 2.24) is 30.2 Å². The van der Waals surface area contributed by atoms with Crippen molar-refractivity contribution < 1.29 is 54.7 Å². The zero-order chi connectivity index (χ0) is 91.5. The summed E-state index contributed by atoms with van der Waals surface area (Å²) >= 11 is 22.2. The van der Waals surface area contributed by atoms with Crippen LogP contribution in [0.15, 0.2) is 213 Å². The predicted octanol–water partition coefficient (Wildman–Crippen LogP) is 25.0. The van der Waals surface area contributed by atoms with Gasteiger partial charge < -0.3 is 29.3 Å². The topological polar surface area (TPSA) is 279 Å². The number of hydrogen-bond acceptors (Lipinski definition) is 26. The number of thioether (sulfide) groups is 5. The van der Waals surface area contributed by atoms with E-state index in [9.17, 15) is 31.2 Å². The normalized spacial score (nSPS) is 13.7. The molecule has 0 radical (unpaired) electrons. The van der Waals surface area contributed by atoms with Gasteiger partial charge in [0.05, 0.1) is 74.0 Å². The van der Waals surface area contributed by atoms with Crippen LogP contribution in [0.25, 0.3) is 27.8 Å². The lowest BCUT2D eigenvalue weighted by Crippen LogP contribution is -2.41. The van der Waals surface area contributed by atoms with Crippen LogP contribution in [0.5, 0.6) is 0 Å². The van der Waals surface area contributed by atoms with Crippen LogP contribution in [0.2, 0.25) is 0 Å². The first-order chi connectivity index (χ1) is 59.5. The first kappa shape index (κ1) is 106. The highest BCUT2D eigenvalue weighted by Gasteiger charge is 2.52. The molecule has 10 aromatic rings. The summed E-state index contributed by atoms with van der Waals surface area (Å²) in [7, 11) is -7.99. The van der Waals surface area contributed by atoms with Crippen LogP contribution < -0.4 is 11.2 Å². The third kappa shape index (κ3) is 35.9. The number of thiophene rings is 3. The van der Waals surface area contributed by atoms with Gasteiger partial charge >= 0.3 is 25.2 Å². The van der Waals surface area contributed by atoms with E-state index in [-0.39, 0.29) is 32.5 Å². The zero-order valence-electron chi connectivity index (χ0n) is 74.4. The Balaban J connectivity index is 0.000000210. The largest absolute Gasteiger partial charge is 0.498 e. The number of rotatable bonds is 35. The Morgan fingerprint density at radius 3 is 1.59 bits per heavy atom. The Bertz CT molecular complexity index is 5300. The van der Waals surface area contributed by atoms with E-state index < -0.39 is 49.7 Å². The van der Waals surface area contributed by atoms with Crippen LogP contribution in [-0.4, -0.2) is 151 Å². The summed E-state index contributed by atoms with van der Waals surface area (Å²) in [5, 5.41) is 17.4. The summed E-state index contributed by atoms with van der Waals surface area (Å²) in [5.74, 6) is 2.37. The molecule has 2 unspecified atom stereocenters. The Morgan fingerprint density at radius 1 is 0.616 bits per heavy atom. The number of carbonyl (C=O) groups excluding carboxylic acids is 3. The highest BCUT2D eigenvalue weighted by molar-refractivity contribution is 9.11. The maximum absolute atomic E-state index is 12.9. The number of carbonyl (C=O) groups is 3. The van der Waals surface area contributed by atoms with Gasteiger partial charge in [-0.15, -0.1) is 92.8 Å². The molecule has 6 aromatic heterocycles. The minimum Gasteiger partial charge on any atom is -0.465 e. The number of nitrogens with one attached hydrogen (secondary N) is 2. The summed E-state index contributed by atoms with van der Waals surface area (Å²) in [6, 6.07) is 35.5. The molecule has 0 spiro atoms. The van der Waals surface area contributed by atoms with Gasteiger partial charge in [0.15, 0.2) is 9.84 Å². The van der Waals surface area contributed by atoms with Crippen molar-refractivity contribution >= 4 is 199 Å². The van der Waals surface area contributed by atoms with Gasteiger partial charge in [-0.05, 0) is 252 Å². The molecule has 4 aromatic carbocycles. The number of aliphatic imine (C=N–C) groups is 1. The van der Waals surface area contributed by atoms with Gasteiger partial charge in [-0.1, -0.05) is 114 Å². The van der Waals surface area contributed by atoms with Crippen LogP contribution in [0, 0.1) is 11.8 Å². The van der Waals surface area contributed by atoms with Crippen molar-refractivity contribution in [1.29, 1.82) is 0 Å². The van der Waals surface area contributed by atoms with E-state index >= 15 is 0 Å². The van der Waals surface area contributed by atoms with E-state index in [1.54, 1.807) is 94.8 Å². The fourth-order valence-corrected chi connectivity index (χ4v) is 23.2. The summed E-state index contributed by atoms with van der Waals surface area (Å²) in [4.78, 5) is 51.0. The quantitative estimate of drug-likeness (QED) is 0.0144. The fourth-order valence-electron chi connectivity index (χ4n) is 11.8. The van der Waals surface area contributed by atoms with Crippen molar-refractivity contribution in [2.45, 2.75) is 238 Å². The molecule has 0 aliphatic carbocycles. The SMILES string of the molecule is CC(C)(C)OC(=O)n1cc(B2OC(C)(C)C(C)(C)O2)cn1.CCCCC(CC)COC(=O)CCSc1cc(Br)cc(SC)c1.CCCCC(CC)COC(=O)CCSc1cc(SC)cc(C2=CCN=C2)c1.CCc1ccc(Br)s1.CCc1ccc(Sc2cc(SC)cc(-c3cn[nH]c3)c2)s1.CS(=O)(=O)c1cc(-c2cn[nH]c2)cc(S(=O)(=O)c2ccc(CN)s2)c1. The highest BCUT2D eigenvalue weighted by atomic mass is 79.9. The molecule has 20 nitrogen and oxygen atoms in total. The van der Waals surface area contributed by atoms with Crippen LogP contribution in [0.4, 0.5) is 4.79 Å². The molecule has 2 aliphatic rings. The molecule has 1 saturated heterocycles. The van der Waals surface area contributed by atoms with Gasteiger partial charge in [-0.2, -0.15) is 20.0 Å². The van der Waals surface area contributed by atoms with Gasteiger partial charge in [-0.3, -0.25) is 24.8 Å². The van der Waals surface area contributed by atoms with Gasteiger partial charge in [0.25, 0.3) is 0 Å². The molecule has 125 heavy (non-hydrogen) atoms.